The van der Waals surface area contributed by atoms with Gasteiger partial charge in [0.05, 0.1) is 6.61 Å². The van der Waals surface area contributed by atoms with Gasteiger partial charge in [0, 0.05) is 12.0 Å². The zero-order valence-electron chi connectivity index (χ0n) is 11.2. The molecule has 0 saturated heterocycles. The van der Waals surface area contributed by atoms with E-state index in [1.165, 1.54) is 24.8 Å². The minimum Gasteiger partial charge on any atom is -0.494 e. The van der Waals surface area contributed by atoms with Crippen molar-refractivity contribution in [1.29, 1.82) is 0 Å². The molecular weight excluding hydrogens is 224 g/mol. The van der Waals surface area contributed by atoms with Crippen LogP contribution < -0.4 is 4.74 Å². The number of fused-ring (bicyclic) bond motifs is 1. The smallest absolute Gasteiger partial charge is 0.163 e. The van der Waals surface area contributed by atoms with Crippen molar-refractivity contribution in [2.45, 2.75) is 51.9 Å². The van der Waals surface area contributed by atoms with E-state index in [2.05, 4.69) is 6.92 Å². The first-order valence-corrected chi connectivity index (χ1v) is 7.10. The number of rotatable bonds is 6. The molecule has 0 saturated carbocycles. The minimum atomic E-state index is 0.271. The second kappa shape index (κ2) is 6.58. The van der Waals surface area contributed by atoms with Crippen molar-refractivity contribution in [3.63, 3.8) is 0 Å². The van der Waals surface area contributed by atoms with Crippen molar-refractivity contribution < 1.29 is 9.53 Å². The van der Waals surface area contributed by atoms with Crippen LogP contribution in [0.3, 0.4) is 0 Å². The van der Waals surface area contributed by atoms with Crippen LogP contribution in [0.1, 0.15) is 61.4 Å². The van der Waals surface area contributed by atoms with E-state index in [1.54, 1.807) is 0 Å². The van der Waals surface area contributed by atoms with Crippen LogP contribution in [0.4, 0.5) is 0 Å². The van der Waals surface area contributed by atoms with Gasteiger partial charge in [-0.3, -0.25) is 4.79 Å². The number of carbonyl (C=O) groups is 1. The third kappa shape index (κ3) is 3.34. The van der Waals surface area contributed by atoms with Gasteiger partial charge in [-0.25, -0.2) is 0 Å². The maximum atomic E-state index is 11.8. The second-order valence-electron chi connectivity index (χ2n) is 5.00. The van der Waals surface area contributed by atoms with Gasteiger partial charge in [-0.2, -0.15) is 0 Å². The van der Waals surface area contributed by atoms with Crippen molar-refractivity contribution in [3.05, 3.63) is 29.3 Å². The minimum absolute atomic E-state index is 0.271. The topological polar surface area (TPSA) is 26.3 Å². The number of unbranched alkanes of at least 4 members (excludes halogenated alkanes) is 3. The van der Waals surface area contributed by atoms with Crippen molar-refractivity contribution in [2.24, 2.45) is 0 Å². The Bertz CT molecular complexity index is 410. The Morgan fingerprint density at radius 3 is 2.89 bits per heavy atom. The van der Waals surface area contributed by atoms with Crippen LogP contribution in [0.25, 0.3) is 0 Å². The van der Waals surface area contributed by atoms with Crippen molar-refractivity contribution in [2.75, 3.05) is 6.61 Å². The molecule has 0 amide bonds. The van der Waals surface area contributed by atoms with Crippen LogP contribution in [0.2, 0.25) is 0 Å². The first-order chi connectivity index (χ1) is 8.81. The third-order valence-corrected chi connectivity index (χ3v) is 3.50. The molecule has 1 aliphatic rings. The summed E-state index contributed by atoms with van der Waals surface area (Å²) in [5.41, 5.74) is 2.07. The molecule has 1 aliphatic carbocycles. The number of hydrogen-bond acceptors (Lipinski definition) is 2. The van der Waals surface area contributed by atoms with E-state index < -0.39 is 0 Å². The first-order valence-electron chi connectivity index (χ1n) is 7.10. The standard InChI is InChI=1S/C16H22O2/c1-2-3-4-5-11-18-14-10-9-13-7-6-8-16(17)15(13)12-14/h9-10,12H,2-8,11H2,1H3. The number of benzene rings is 1. The molecule has 0 bridgehead atoms. The Hall–Kier alpha value is -1.31. The summed E-state index contributed by atoms with van der Waals surface area (Å²) in [6, 6.07) is 5.97. The molecule has 18 heavy (non-hydrogen) atoms. The average Bonchev–Trinajstić information content (AvgIpc) is 2.39. The van der Waals surface area contributed by atoms with Gasteiger partial charge >= 0.3 is 0 Å². The molecule has 0 heterocycles. The van der Waals surface area contributed by atoms with Crippen LogP contribution in [-0.4, -0.2) is 12.4 Å². The lowest BCUT2D eigenvalue weighted by Gasteiger charge is -2.15. The summed E-state index contributed by atoms with van der Waals surface area (Å²) in [5.74, 6) is 1.12. The van der Waals surface area contributed by atoms with E-state index in [-0.39, 0.29) is 5.78 Å². The molecule has 0 radical (unpaired) electrons. The zero-order valence-corrected chi connectivity index (χ0v) is 11.2. The summed E-state index contributed by atoms with van der Waals surface area (Å²) >= 11 is 0. The van der Waals surface area contributed by atoms with Crippen molar-refractivity contribution in [1.82, 2.24) is 0 Å². The Morgan fingerprint density at radius 2 is 2.06 bits per heavy atom. The molecule has 98 valence electrons. The lowest BCUT2D eigenvalue weighted by Crippen LogP contribution is -2.11. The molecule has 0 fully saturated rings. The fraction of sp³-hybridized carbons (Fsp3) is 0.562. The van der Waals surface area contributed by atoms with E-state index >= 15 is 0 Å². The van der Waals surface area contributed by atoms with Gasteiger partial charge < -0.3 is 4.74 Å². The molecule has 2 rings (SSSR count). The largest absolute Gasteiger partial charge is 0.494 e. The van der Waals surface area contributed by atoms with E-state index in [0.717, 1.165) is 37.2 Å². The fourth-order valence-corrected chi connectivity index (χ4v) is 2.42. The highest BCUT2D eigenvalue weighted by atomic mass is 16.5. The van der Waals surface area contributed by atoms with Gasteiger partial charge in [0.15, 0.2) is 5.78 Å². The van der Waals surface area contributed by atoms with Crippen LogP contribution in [0.15, 0.2) is 18.2 Å². The second-order valence-corrected chi connectivity index (χ2v) is 5.00. The highest BCUT2D eigenvalue weighted by Gasteiger charge is 2.17. The highest BCUT2D eigenvalue weighted by Crippen LogP contribution is 2.25. The average molecular weight is 246 g/mol. The molecule has 0 unspecified atom stereocenters. The monoisotopic (exact) mass is 246 g/mol. The highest BCUT2D eigenvalue weighted by molar-refractivity contribution is 5.98. The Kier molecular flexibility index (Phi) is 4.80. The van der Waals surface area contributed by atoms with Gasteiger partial charge in [0.2, 0.25) is 0 Å². The van der Waals surface area contributed by atoms with Gasteiger partial charge in [-0.05, 0) is 37.0 Å². The number of ether oxygens (including phenoxy) is 1. The van der Waals surface area contributed by atoms with Crippen LogP contribution >= 0.6 is 0 Å². The van der Waals surface area contributed by atoms with E-state index in [9.17, 15) is 4.79 Å². The predicted octanol–water partition coefficient (Wildman–Crippen LogP) is 4.16. The lowest BCUT2D eigenvalue weighted by molar-refractivity contribution is 0.0972. The van der Waals surface area contributed by atoms with E-state index in [1.807, 2.05) is 18.2 Å². The molecule has 1 aromatic carbocycles. The molecule has 2 heteroatoms. The third-order valence-electron chi connectivity index (χ3n) is 3.50. The molecule has 2 nitrogen and oxygen atoms in total. The summed E-state index contributed by atoms with van der Waals surface area (Å²) in [7, 11) is 0. The lowest BCUT2D eigenvalue weighted by atomic mass is 9.90. The van der Waals surface area contributed by atoms with Crippen molar-refractivity contribution >= 4 is 5.78 Å². The molecular formula is C16H22O2. The molecule has 0 spiro atoms. The van der Waals surface area contributed by atoms with E-state index in [4.69, 9.17) is 4.74 Å². The van der Waals surface area contributed by atoms with Gasteiger partial charge in [0.25, 0.3) is 0 Å². The number of carbonyl (C=O) groups excluding carboxylic acids is 1. The molecule has 1 aromatic rings. The van der Waals surface area contributed by atoms with Gasteiger partial charge in [0.1, 0.15) is 5.75 Å². The summed E-state index contributed by atoms with van der Waals surface area (Å²) in [6.45, 7) is 2.96. The Balaban J connectivity index is 1.90. The number of aryl methyl sites for hydroxylation is 1. The Labute approximate surface area is 109 Å². The van der Waals surface area contributed by atoms with Crippen molar-refractivity contribution in [3.8, 4) is 5.75 Å². The number of ketones is 1. The number of hydrogen-bond donors (Lipinski definition) is 0. The van der Waals surface area contributed by atoms with Crippen LogP contribution in [0, 0.1) is 0 Å². The first kappa shape index (κ1) is 13.1. The summed E-state index contributed by atoms with van der Waals surface area (Å²) in [6.07, 6.45) is 7.53. The summed E-state index contributed by atoms with van der Waals surface area (Å²) < 4.78 is 5.71. The van der Waals surface area contributed by atoms with Crippen LogP contribution in [0.5, 0.6) is 5.75 Å². The quantitative estimate of drug-likeness (QED) is 0.704. The zero-order chi connectivity index (χ0) is 12.8. The molecule has 0 atom stereocenters. The molecule has 0 aromatic heterocycles. The Morgan fingerprint density at radius 1 is 1.17 bits per heavy atom. The molecule has 0 N–H and O–H groups in total. The fourth-order valence-electron chi connectivity index (χ4n) is 2.42. The van der Waals surface area contributed by atoms with E-state index in [0.29, 0.717) is 6.42 Å². The van der Waals surface area contributed by atoms with Gasteiger partial charge in [-0.1, -0.05) is 32.3 Å². The maximum Gasteiger partial charge on any atom is 0.163 e. The van der Waals surface area contributed by atoms with Gasteiger partial charge in [-0.15, -0.1) is 0 Å². The predicted molar refractivity (Wildman–Crippen MR) is 73.3 cm³/mol. The SMILES string of the molecule is CCCCCCOc1ccc2c(c1)C(=O)CCC2. The summed E-state index contributed by atoms with van der Waals surface area (Å²) in [5, 5.41) is 0. The summed E-state index contributed by atoms with van der Waals surface area (Å²) in [4.78, 5) is 11.8. The maximum absolute atomic E-state index is 11.8. The normalized spacial score (nSPS) is 14.4. The molecule has 0 aliphatic heterocycles. The number of Topliss-reactive ketones (excluding diaryl/α,β-unsaturated/α-hetero) is 1. The van der Waals surface area contributed by atoms with Crippen LogP contribution in [-0.2, 0) is 6.42 Å².